The maximum absolute atomic E-state index is 5.88. The second-order valence-corrected chi connectivity index (χ2v) is 7.02. The topological polar surface area (TPSA) is 21.3 Å². The summed E-state index contributed by atoms with van der Waals surface area (Å²) in [4.78, 5) is 0. The average molecular weight is 448 g/mol. The first-order valence-corrected chi connectivity index (χ1v) is 9.12. The Kier molecular flexibility index (Phi) is 7.22. The highest BCUT2D eigenvalue weighted by molar-refractivity contribution is 9.11. The molecule has 1 N–H and O–H groups in total. The van der Waals surface area contributed by atoms with Gasteiger partial charge in [-0.3, -0.25) is 0 Å². The molecule has 22 heavy (non-hydrogen) atoms. The second-order valence-electron chi connectivity index (χ2n) is 4.87. The van der Waals surface area contributed by atoms with Crippen molar-refractivity contribution in [3.05, 3.63) is 61.5 Å². The van der Waals surface area contributed by atoms with Crippen molar-refractivity contribution in [3.63, 3.8) is 0 Å². The molecule has 2 rings (SSSR count). The molecule has 0 aliphatic rings. The molecule has 0 unspecified atom stereocenters. The van der Waals surface area contributed by atoms with Crippen molar-refractivity contribution in [2.24, 2.45) is 0 Å². The molecule has 2 aromatic rings. The van der Waals surface area contributed by atoms with E-state index < -0.39 is 0 Å². The zero-order chi connectivity index (χ0) is 15.9. The van der Waals surface area contributed by atoms with Gasteiger partial charge in [-0.25, -0.2) is 0 Å². The number of ether oxygens (including phenoxy) is 1. The summed E-state index contributed by atoms with van der Waals surface area (Å²) in [5, 5.41) is 4.23. The third kappa shape index (κ3) is 5.27. The lowest BCUT2D eigenvalue weighted by Crippen LogP contribution is -2.16. The molecule has 0 aliphatic carbocycles. The Balaban J connectivity index is 1.85. The van der Waals surface area contributed by atoms with Crippen LogP contribution in [0, 0.1) is 0 Å². The van der Waals surface area contributed by atoms with Crippen LogP contribution in [0.4, 0.5) is 0 Å². The van der Waals surface area contributed by atoms with Crippen molar-refractivity contribution in [1.82, 2.24) is 5.32 Å². The number of halogens is 3. The molecule has 0 amide bonds. The van der Waals surface area contributed by atoms with Gasteiger partial charge in [0.2, 0.25) is 0 Å². The van der Waals surface area contributed by atoms with Crippen molar-refractivity contribution in [2.45, 2.75) is 19.9 Å². The van der Waals surface area contributed by atoms with Crippen molar-refractivity contribution in [2.75, 3.05) is 13.2 Å². The molecule has 2 nitrogen and oxygen atoms in total. The van der Waals surface area contributed by atoms with Crippen LogP contribution in [0.5, 0.6) is 5.75 Å². The van der Waals surface area contributed by atoms with E-state index in [1.54, 1.807) is 0 Å². The predicted molar refractivity (Wildman–Crippen MR) is 99.9 cm³/mol. The highest BCUT2D eigenvalue weighted by Crippen LogP contribution is 2.34. The number of hydrogen-bond acceptors (Lipinski definition) is 2. The van der Waals surface area contributed by atoms with E-state index in [0.29, 0.717) is 6.61 Å². The summed E-state index contributed by atoms with van der Waals surface area (Å²) in [7, 11) is 0. The molecule has 2 aromatic carbocycles. The van der Waals surface area contributed by atoms with E-state index in [1.165, 1.54) is 11.1 Å². The minimum atomic E-state index is 0.649. The van der Waals surface area contributed by atoms with E-state index in [0.717, 1.165) is 39.2 Å². The molecule has 0 fully saturated rings. The highest BCUT2D eigenvalue weighted by Gasteiger charge is 2.08. The molecule has 0 aliphatic heterocycles. The minimum Gasteiger partial charge on any atom is -0.492 e. The van der Waals surface area contributed by atoms with Crippen LogP contribution in [0.25, 0.3) is 0 Å². The highest BCUT2D eigenvalue weighted by atomic mass is 79.9. The summed E-state index contributed by atoms with van der Waals surface area (Å²) >= 11 is 13.0. The number of hydrogen-bond donors (Lipinski definition) is 1. The van der Waals surface area contributed by atoms with Crippen LogP contribution >= 0.6 is 43.5 Å². The van der Waals surface area contributed by atoms with Gasteiger partial charge in [0.1, 0.15) is 5.75 Å². The summed E-state index contributed by atoms with van der Waals surface area (Å²) < 4.78 is 7.53. The molecule has 0 spiro atoms. The molecule has 118 valence electrons. The van der Waals surface area contributed by atoms with E-state index in [4.69, 9.17) is 16.3 Å². The van der Waals surface area contributed by atoms with Crippen molar-refractivity contribution < 1.29 is 4.74 Å². The third-order valence-corrected chi connectivity index (χ3v) is 4.61. The van der Waals surface area contributed by atoms with Crippen molar-refractivity contribution in [3.8, 4) is 5.75 Å². The molecular formula is C17H18Br2ClNO. The Hall–Kier alpha value is -0.550. The Morgan fingerprint density at radius 3 is 2.27 bits per heavy atom. The normalized spacial score (nSPS) is 10.7. The van der Waals surface area contributed by atoms with Crippen molar-refractivity contribution in [1.29, 1.82) is 0 Å². The fraction of sp³-hybridized carbons (Fsp3) is 0.294. The van der Waals surface area contributed by atoms with Gasteiger partial charge in [0.05, 0.1) is 15.6 Å². The standard InChI is InChI=1S/C17H18Br2ClNO/c1-2-22-17-15(18)9-13(10-16(17)19)11-21-8-7-12-3-5-14(20)6-4-12/h3-6,9-10,21H,2,7-8,11H2,1H3. The first-order chi connectivity index (χ1) is 10.6. The maximum Gasteiger partial charge on any atom is 0.147 e. The van der Waals surface area contributed by atoms with Crippen LogP contribution in [-0.4, -0.2) is 13.2 Å². The lowest BCUT2D eigenvalue weighted by atomic mass is 10.1. The van der Waals surface area contributed by atoms with Crippen LogP contribution in [-0.2, 0) is 13.0 Å². The van der Waals surface area contributed by atoms with Crippen LogP contribution in [0.3, 0.4) is 0 Å². The van der Waals surface area contributed by atoms with Gasteiger partial charge >= 0.3 is 0 Å². The molecule has 0 atom stereocenters. The van der Waals surface area contributed by atoms with E-state index in [1.807, 2.05) is 19.1 Å². The van der Waals surface area contributed by atoms with Crippen LogP contribution in [0.1, 0.15) is 18.1 Å². The first-order valence-electron chi connectivity index (χ1n) is 7.16. The summed E-state index contributed by atoms with van der Waals surface area (Å²) in [6.45, 7) is 4.36. The molecule has 0 saturated carbocycles. The molecule has 0 saturated heterocycles. The smallest absolute Gasteiger partial charge is 0.147 e. The summed E-state index contributed by atoms with van der Waals surface area (Å²) in [6.07, 6.45) is 0.983. The van der Waals surface area contributed by atoms with Gasteiger partial charge in [-0.15, -0.1) is 0 Å². The van der Waals surface area contributed by atoms with Crippen molar-refractivity contribution >= 4 is 43.5 Å². The fourth-order valence-electron chi connectivity index (χ4n) is 2.11. The summed E-state index contributed by atoms with van der Waals surface area (Å²) in [5.74, 6) is 0.854. The largest absolute Gasteiger partial charge is 0.492 e. The number of rotatable bonds is 7. The summed E-state index contributed by atoms with van der Waals surface area (Å²) in [5.41, 5.74) is 2.49. The van der Waals surface area contributed by atoms with Crippen LogP contribution in [0.2, 0.25) is 5.02 Å². The second kappa shape index (κ2) is 8.92. The molecular weight excluding hydrogens is 429 g/mol. The van der Waals surface area contributed by atoms with E-state index in [-0.39, 0.29) is 0 Å². The first kappa shape index (κ1) is 17.8. The predicted octanol–water partition coefficient (Wildman–Crippen LogP) is 5.60. The van der Waals surface area contributed by atoms with E-state index >= 15 is 0 Å². The average Bonchev–Trinajstić information content (AvgIpc) is 2.49. The van der Waals surface area contributed by atoms with Gasteiger partial charge in [-0.05, 0) is 87.1 Å². The SMILES string of the molecule is CCOc1c(Br)cc(CNCCc2ccc(Cl)cc2)cc1Br. The number of nitrogens with one attached hydrogen (secondary N) is 1. The fourth-order valence-corrected chi connectivity index (χ4v) is 3.75. The Labute approximate surface area is 153 Å². The zero-order valence-corrected chi connectivity index (χ0v) is 16.3. The van der Waals surface area contributed by atoms with Crippen LogP contribution < -0.4 is 10.1 Å². The maximum atomic E-state index is 5.88. The van der Waals surface area contributed by atoms with Gasteiger partial charge in [-0.2, -0.15) is 0 Å². The molecule has 0 radical (unpaired) electrons. The van der Waals surface area contributed by atoms with Gasteiger partial charge in [-0.1, -0.05) is 23.7 Å². The molecule has 0 heterocycles. The lowest BCUT2D eigenvalue weighted by molar-refractivity contribution is 0.336. The van der Waals surface area contributed by atoms with Gasteiger partial charge < -0.3 is 10.1 Å². The Morgan fingerprint density at radius 1 is 1.05 bits per heavy atom. The molecule has 0 aromatic heterocycles. The van der Waals surface area contributed by atoms with E-state index in [9.17, 15) is 0 Å². The zero-order valence-electron chi connectivity index (χ0n) is 12.3. The third-order valence-electron chi connectivity index (χ3n) is 3.18. The minimum absolute atomic E-state index is 0.649. The quantitative estimate of drug-likeness (QED) is 0.558. The number of benzene rings is 2. The van der Waals surface area contributed by atoms with E-state index in [2.05, 4.69) is 61.4 Å². The Bertz CT molecular complexity index is 594. The van der Waals surface area contributed by atoms with Gasteiger partial charge in [0, 0.05) is 11.6 Å². The lowest BCUT2D eigenvalue weighted by Gasteiger charge is -2.11. The Morgan fingerprint density at radius 2 is 1.68 bits per heavy atom. The monoisotopic (exact) mass is 445 g/mol. The summed E-state index contributed by atoms with van der Waals surface area (Å²) in [6, 6.07) is 12.2. The molecule has 0 bridgehead atoms. The van der Waals surface area contributed by atoms with Gasteiger partial charge in [0.15, 0.2) is 0 Å². The van der Waals surface area contributed by atoms with Crippen LogP contribution in [0.15, 0.2) is 45.3 Å². The van der Waals surface area contributed by atoms with Gasteiger partial charge in [0.25, 0.3) is 0 Å². The molecule has 5 heteroatoms.